The number of halogens is 1. The predicted molar refractivity (Wildman–Crippen MR) is 89.7 cm³/mol. The van der Waals surface area contributed by atoms with Gasteiger partial charge in [0.1, 0.15) is 11.6 Å². The van der Waals surface area contributed by atoms with E-state index in [2.05, 4.69) is 15.3 Å². The number of hydrogen-bond donors (Lipinski definition) is 1. The van der Waals surface area contributed by atoms with Crippen LogP contribution in [0.5, 0.6) is 10.9 Å². The predicted octanol–water partition coefficient (Wildman–Crippen LogP) is 4.01. The second kappa shape index (κ2) is 6.94. The standard InChI is InChI=1S/C17H15FN2O3S/c1-10(16(21)20-22-2)11-3-6-13(7-4-11)23-17-19-14-8-5-12(18)9-15(14)24-17/h3-10H,1-2H3,(H,20,21). The van der Waals surface area contributed by atoms with Crippen LogP contribution in [-0.4, -0.2) is 18.0 Å². The average Bonchev–Trinajstić information content (AvgIpc) is 2.96. The molecule has 0 aliphatic carbocycles. The summed E-state index contributed by atoms with van der Waals surface area (Å²) in [6.07, 6.45) is 0. The lowest BCUT2D eigenvalue weighted by Gasteiger charge is -2.11. The maximum Gasteiger partial charge on any atom is 0.279 e. The van der Waals surface area contributed by atoms with Crippen molar-refractivity contribution in [2.24, 2.45) is 0 Å². The van der Waals surface area contributed by atoms with E-state index < -0.39 is 0 Å². The average molecular weight is 346 g/mol. The van der Waals surface area contributed by atoms with Crippen LogP contribution < -0.4 is 10.2 Å². The van der Waals surface area contributed by atoms with Gasteiger partial charge in [0.15, 0.2) is 0 Å². The Labute approximate surface area is 142 Å². The van der Waals surface area contributed by atoms with Crippen LogP contribution in [0.1, 0.15) is 18.4 Å². The van der Waals surface area contributed by atoms with Gasteiger partial charge >= 0.3 is 0 Å². The monoisotopic (exact) mass is 346 g/mol. The largest absolute Gasteiger partial charge is 0.431 e. The van der Waals surface area contributed by atoms with Crippen LogP contribution in [0.15, 0.2) is 42.5 Å². The zero-order valence-corrected chi connectivity index (χ0v) is 13.9. The van der Waals surface area contributed by atoms with Crippen LogP contribution in [0.25, 0.3) is 10.2 Å². The second-order valence-electron chi connectivity index (χ2n) is 5.16. The highest BCUT2D eigenvalue weighted by Crippen LogP contribution is 2.32. The molecule has 0 aliphatic rings. The van der Waals surface area contributed by atoms with Gasteiger partial charge in [0.2, 0.25) is 0 Å². The van der Waals surface area contributed by atoms with Crippen LogP contribution in [0, 0.1) is 5.82 Å². The SMILES string of the molecule is CONC(=O)C(C)c1ccc(Oc2nc3ccc(F)cc3s2)cc1. The van der Waals surface area contributed by atoms with Crippen molar-refractivity contribution < 1.29 is 18.8 Å². The molecule has 124 valence electrons. The van der Waals surface area contributed by atoms with Gasteiger partial charge in [-0.05, 0) is 42.8 Å². The molecule has 3 rings (SSSR count). The number of amides is 1. The number of thiazole rings is 1. The van der Waals surface area contributed by atoms with Crippen LogP contribution >= 0.6 is 11.3 Å². The number of nitrogens with one attached hydrogen (secondary N) is 1. The van der Waals surface area contributed by atoms with Gasteiger partial charge in [0, 0.05) is 0 Å². The summed E-state index contributed by atoms with van der Waals surface area (Å²) in [7, 11) is 1.39. The summed E-state index contributed by atoms with van der Waals surface area (Å²) in [6, 6.07) is 11.6. The molecule has 1 heterocycles. The van der Waals surface area contributed by atoms with E-state index in [1.807, 2.05) is 12.1 Å². The first kappa shape index (κ1) is 16.4. The van der Waals surface area contributed by atoms with Crippen LogP contribution in [-0.2, 0) is 9.63 Å². The molecule has 7 heteroatoms. The molecular formula is C17H15FN2O3S. The lowest BCUT2D eigenvalue weighted by atomic mass is 10.0. The fourth-order valence-electron chi connectivity index (χ4n) is 2.19. The summed E-state index contributed by atoms with van der Waals surface area (Å²) in [4.78, 5) is 20.7. The minimum absolute atomic E-state index is 0.223. The highest BCUT2D eigenvalue weighted by molar-refractivity contribution is 7.20. The van der Waals surface area contributed by atoms with Crippen molar-refractivity contribution in [2.75, 3.05) is 7.11 Å². The zero-order chi connectivity index (χ0) is 17.1. The van der Waals surface area contributed by atoms with Crippen molar-refractivity contribution in [2.45, 2.75) is 12.8 Å². The number of carbonyl (C=O) groups excluding carboxylic acids is 1. The Morgan fingerprint density at radius 1 is 1.25 bits per heavy atom. The van der Waals surface area contributed by atoms with Crippen molar-refractivity contribution >= 4 is 27.5 Å². The number of rotatable bonds is 5. The van der Waals surface area contributed by atoms with E-state index in [0.717, 1.165) is 10.3 Å². The maximum absolute atomic E-state index is 13.2. The minimum Gasteiger partial charge on any atom is -0.431 e. The molecule has 0 bridgehead atoms. The molecule has 0 saturated carbocycles. The third-order valence-corrected chi connectivity index (χ3v) is 4.41. The number of benzene rings is 2. The van der Waals surface area contributed by atoms with Gasteiger partial charge < -0.3 is 4.74 Å². The highest BCUT2D eigenvalue weighted by Gasteiger charge is 2.15. The van der Waals surface area contributed by atoms with Gasteiger partial charge in [0.25, 0.3) is 11.1 Å². The second-order valence-corrected chi connectivity index (χ2v) is 6.15. The van der Waals surface area contributed by atoms with Crippen molar-refractivity contribution in [3.8, 4) is 10.9 Å². The smallest absolute Gasteiger partial charge is 0.279 e. The van der Waals surface area contributed by atoms with Gasteiger partial charge in [-0.1, -0.05) is 23.5 Å². The molecule has 0 aliphatic heterocycles. The Bertz CT molecular complexity index is 864. The van der Waals surface area contributed by atoms with Crippen molar-refractivity contribution in [3.05, 3.63) is 53.8 Å². The molecule has 1 aromatic heterocycles. The fourth-order valence-corrected chi connectivity index (χ4v) is 3.05. The molecule has 1 N–H and O–H groups in total. The molecule has 24 heavy (non-hydrogen) atoms. The minimum atomic E-state index is -0.343. The van der Waals surface area contributed by atoms with Crippen LogP contribution in [0.3, 0.4) is 0 Å². The molecule has 0 spiro atoms. The van der Waals surface area contributed by atoms with E-state index in [-0.39, 0.29) is 17.6 Å². The normalized spacial score (nSPS) is 12.1. The van der Waals surface area contributed by atoms with Crippen LogP contribution in [0.4, 0.5) is 4.39 Å². The number of fused-ring (bicyclic) bond motifs is 1. The fraction of sp³-hybridized carbons (Fsp3) is 0.176. The lowest BCUT2D eigenvalue weighted by molar-refractivity contribution is -0.132. The number of nitrogens with zero attached hydrogens (tertiary/aromatic N) is 1. The summed E-state index contributed by atoms with van der Waals surface area (Å²) < 4.78 is 19.6. The van der Waals surface area contributed by atoms with Gasteiger partial charge in [-0.3, -0.25) is 9.63 Å². The molecular weight excluding hydrogens is 331 g/mol. The first-order chi connectivity index (χ1) is 11.6. The summed E-state index contributed by atoms with van der Waals surface area (Å²) in [5, 5.41) is 0.438. The molecule has 5 nitrogen and oxygen atoms in total. The van der Waals surface area contributed by atoms with Gasteiger partial charge in [-0.2, -0.15) is 0 Å². The first-order valence-corrected chi connectivity index (χ1v) is 8.05. The Kier molecular flexibility index (Phi) is 4.73. The number of aromatic nitrogens is 1. The van der Waals surface area contributed by atoms with Gasteiger partial charge in [-0.25, -0.2) is 14.9 Å². The molecule has 0 saturated heterocycles. The zero-order valence-electron chi connectivity index (χ0n) is 13.1. The highest BCUT2D eigenvalue weighted by atomic mass is 32.1. The molecule has 3 aromatic rings. The molecule has 1 atom stereocenters. The number of carbonyl (C=O) groups is 1. The lowest BCUT2D eigenvalue weighted by Crippen LogP contribution is -2.26. The Morgan fingerprint density at radius 2 is 2.00 bits per heavy atom. The number of hydroxylamine groups is 1. The van der Waals surface area contributed by atoms with E-state index in [4.69, 9.17) is 4.74 Å². The van der Waals surface area contributed by atoms with E-state index >= 15 is 0 Å². The van der Waals surface area contributed by atoms with E-state index in [9.17, 15) is 9.18 Å². The van der Waals surface area contributed by atoms with Crippen molar-refractivity contribution in [1.29, 1.82) is 0 Å². The Balaban J connectivity index is 1.74. The van der Waals surface area contributed by atoms with E-state index in [0.29, 0.717) is 16.5 Å². The van der Waals surface area contributed by atoms with E-state index in [1.165, 1.54) is 30.6 Å². The molecule has 2 aromatic carbocycles. The molecule has 1 unspecified atom stereocenters. The molecule has 0 radical (unpaired) electrons. The van der Waals surface area contributed by atoms with Crippen molar-refractivity contribution in [1.82, 2.24) is 10.5 Å². The summed E-state index contributed by atoms with van der Waals surface area (Å²) in [5.74, 6) is -0.271. The van der Waals surface area contributed by atoms with Gasteiger partial charge in [-0.15, -0.1) is 0 Å². The summed E-state index contributed by atoms with van der Waals surface area (Å²) in [5.41, 5.74) is 3.84. The Morgan fingerprint density at radius 3 is 2.71 bits per heavy atom. The quantitative estimate of drug-likeness (QED) is 0.709. The Hall–Kier alpha value is -2.51. The van der Waals surface area contributed by atoms with Crippen molar-refractivity contribution in [3.63, 3.8) is 0 Å². The third kappa shape index (κ3) is 3.52. The summed E-state index contributed by atoms with van der Waals surface area (Å²) in [6.45, 7) is 1.78. The number of ether oxygens (including phenoxy) is 1. The van der Waals surface area contributed by atoms with Gasteiger partial charge in [0.05, 0.1) is 23.2 Å². The maximum atomic E-state index is 13.2. The summed E-state index contributed by atoms with van der Waals surface area (Å²) >= 11 is 1.27. The topological polar surface area (TPSA) is 60.5 Å². The number of hydrogen-bond acceptors (Lipinski definition) is 5. The van der Waals surface area contributed by atoms with E-state index in [1.54, 1.807) is 25.1 Å². The third-order valence-electron chi connectivity index (χ3n) is 3.51. The first-order valence-electron chi connectivity index (χ1n) is 7.23. The van der Waals surface area contributed by atoms with Crippen LogP contribution in [0.2, 0.25) is 0 Å². The molecule has 0 fully saturated rings. The molecule has 1 amide bonds.